The Labute approximate surface area is 71.2 Å². The summed E-state index contributed by atoms with van der Waals surface area (Å²) >= 11 is 0. The molecule has 1 heterocycles. The van der Waals surface area contributed by atoms with E-state index in [-0.39, 0.29) is 0 Å². The minimum absolute atomic E-state index is 0.991. The van der Waals surface area contributed by atoms with Crippen molar-refractivity contribution in [1.29, 1.82) is 0 Å². The third kappa shape index (κ3) is 1.21. The molecule has 0 unspecified atom stereocenters. The van der Waals surface area contributed by atoms with E-state index in [1.807, 2.05) is 37.3 Å². The predicted octanol–water partition coefficient (Wildman–Crippen LogP) is 1.80. The Morgan fingerprint density at radius 2 is 2.00 bits per heavy atom. The van der Waals surface area contributed by atoms with Gasteiger partial charge in [-0.1, -0.05) is 18.2 Å². The molecule has 1 aromatic rings. The summed E-state index contributed by atoms with van der Waals surface area (Å²) in [5, 5.41) is 1.62. The number of hydrogen-bond acceptors (Lipinski definition) is 3. The molecule has 12 heavy (non-hydrogen) atoms. The molecule has 62 valence electrons. The van der Waals surface area contributed by atoms with Crippen LogP contribution in [-0.4, -0.2) is 0 Å². The maximum atomic E-state index is 5.21. The highest BCUT2D eigenvalue weighted by Gasteiger charge is 2.10. The van der Waals surface area contributed by atoms with E-state index in [1.165, 1.54) is 0 Å². The second kappa shape index (κ2) is 2.77. The van der Waals surface area contributed by atoms with Gasteiger partial charge >= 0.3 is 0 Å². The predicted molar refractivity (Wildman–Crippen MR) is 46.9 cm³/mol. The molecule has 0 amide bonds. The van der Waals surface area contributed by atoms with Crippen molar-refractivity contribution in [2.45, 2.75) is 6.92 Å². The molecule has 0 radical (unpaired) electrons. The van der Waals surface area contributed by atoms with E-state index in [0.717, 1.165) is 11.4 Å². The molecule has 1 aromatic carbocycles. The van der Waals surface area contributed by atoms with E-state index in [9.17, 15) is 0 Å². The van der Waals surface area contributed by atoms with Gasteiger partial charge in [0, 0.05) is 0 Å². The van der Waals surface area contributed by atoms with Crippen molar-refractivity contribution in [3.63, 3.8) is 0 Å². The maximum absolute atomic E-state index is 5.21. The van der Waals surface area contributed by atoms with E-state index >= 15 is 0 Å². The van der Waals surface area contributed by atoms with Gasteiger partial charge in [0.1, 0.15) is 6.26 Å². The Hall–Kier alpha value is -1.64. The van der Waals surface area contributed by atoms with Gasteiger partial charge in [-0.25, -0.2) is 0 Å². The van der Waals surface area contributed by atoms with Gasteiger partial charge < -0.3 is 4.84 Å². The van der Waals surface area contributed by atoms with Crippen molar-refractivity contribution in [1.82, 2.24) is 5.43 Å². The zero-order valence-corrected chi connectivity index (χ0v) is 6.82. The number of hydrazine groups is 1. The van der Waals surface area contributed by atoms with Gasteiger partial charge in [-0.15, -0.1) is 5.17 Å². The highest BCUT2D eigenvalue weighted by Crippen LogP contribution is 2.15. The molecule has 0 bridgehead atoms. The number of para-hydroxylation sites is 1. The van der Waals surface area contributed by atoms with Gasteiger partial charge in [0.25, 0.3) is 0 Å². The molecule has 1 aliphatic rings. The molecule has 1 aliphatic heterocycles. The number of rotatable bonds is 1. The number of anilines is 1. The first-order chi connectivity index (χ1) is 5.86. The first-order valence-electron chi connectivity index (χ1n) is 3.81. The number of hydrogen-bond donors (Lipinski definition) is 1. The van der Waals surface area contributed by atoms with Crippen LogP contribution >= 0.6 is 0 Å². The minimum atomic E-state index is 0.991. The van der Waals surface area contributed by atoms with E-state index in [0.29, 0.717) is 0 Å². The highest BCUT2D eigenvalue weighted by atomic mass is 16.7. The molecule has 0 saturated heterocycles. The molecule has 3 heteroatoms. The van der Waals surface area contributed by atoms with Crippen molar-refractivity contribution in [3.05, 3.63) is 42.3 Å². The molecule has 1 N–H and O–H groups in total. The zero-order valence-electron chi connectivity index (χ0n) is 6.82. The Kier molecular flexibility index (Phi) is 1.63. The summed E-state index contributed by atoms with van der Waals surface area (Å²) in [5.41, 5.74) is 5.03. The summed E-state index contributed by atoms with van der Waals surface area (Å²) in [6.45, 7) is 1.95. The van der Waals surface area contributed by atoms with Crippen LogP contribution in [0.5, 0.6) is 0 Å². The average Bonchev–Trinajstić information content (AvgIpc) is 2.54. The fraction of sp³-hybridized carbons (Fsp3) is 0.111. The number of benzene rings is 1. The molecular weight excluding hydrogens is 152 g/mol. The van der Waals surface area contributed by atoms with Gasteiger partial charge in [-0.05, 0) is 19.1 Å². The molecule has 0 spiro atoms. The van der Waals surface area contributed by atoms with E-state index < -0.39 is 0 Å². The molecule has 0 aromatic heterocycles. The van der Waals surface area contributed by atoms with Gasteiger partial charge in [-0.2, -0.15) is 0 Å². The second-order valence-electron chi connectivity index (χ2n) is 2.65. The van der Waals surface area contributed by atoms with Crippen LogP contribution in [-0.2, 0) is 4.84 Å². The summed E-state index contributed by atoms with van der Waals surface area (Å²) in [4.78, 5) is 5.21. The maximum Gasteiger partial charge on any atom is 0.142 e. The van der Waals surface area contributed by atoms with Crippen molar-refractivity contribution in [2.24, 2.45) is 0 Å². The van der Waals surface area contributed by atoms with Crippen LogP contribution in [0.1, 0.15) is 6.92 Å². The number of nitrogens with zero attached hydrogens (tertiary/aromatic N) is 1. The molecule has 0 atom stereocenters. The zero-order chi connectivity index (χ0) is 8.39. The van der Waals surface area contributed by atoms with Crippen LogP contribution in [0.4, 0.5) is 5.69 Å². The Bertz CT molecular complexity index is 295. The monoisotopic (exact) mass is 162 g/mol. The first-order valence-corrected chi connectivity index (χ1v) is 3.81. The topological polar surface area (TPSA) is 24.5 Å². The number of nitrogens with one attached hydrogen (secondary N) is 1. The Morgan fingerprint density at radius 1 is 1.25 bits per heavy atom. The third-order valence-electron chi connectivity index (χ3n) is 1.60. The minimum Gasteiger partial charge on any atom is -0.365 e. The molecule has 2 rings (SSSR count). The van der Waals surface area contributed by atoms with E-state index in [1.54, 1.807) is 11.4 Å². The first kappa shape index (κ1) is 7.03. The summed E-state index contributed by atoms with van der Waals surface area (Å²) in [6.07, 6.45) is 1.67. The van der Waals surface area contributed by atoms with Crippen molar-refractivity contribution >= 4 is 5.69 Å². The SMILES string of the molecule is CC1=CON(c2ccccc2)N1. The largest absolute Gasteiger partial charge is 0.365 e. The van der Waals surface area contributed by atoms with Crippen molar-refractivity contribution < 1.29 is 4.84 Å². The molecule has 0 aliphatic carbocycles. The Balaban J connectivity index is 2.14. The lowest BCUT2D eigenvalue weighted by Gasteiger charge is -2.16. The summed E-state index contributed by atoms with van der Waals surface area (Å²) in [6, 6.07) is 9.85. The lowest BCUT2D eigenvalue weighted by molar-refractivity contribution is 0.221. The van der Waals surface area contributed by atoms with Crippen LogP contribution in [0.2, 0.25) is 0 Å². The van der Waals surface area contributed by atoms with Gasteiger partial charge in [0.2, 0.25) is 0 Å². The normalized spacial score (nSPS) is 15.1. The standard InChI is InChI=1S/C9H10N2O/c1-8-7-12-11(10-8)9-5-3-2-4-6-9/h2-7,10H,1H3. The lowest BCUT2D eigenvalue weighted by Crippen LogP contribution is -2.29. The fourth-order valence-electron chi connectivity index (χ4n) is 1.03. The van der Waals surface area contributed by atoms with Gasteiger partial charge in [-0.3, -0.25) is 5.43 Å². The second-order valence-corrected chi connectivity index (χ2v) is 2.65. The van der Waals surface area contributed by atoms with Crippen LogP contribution in [0, 0.1) is 0 Å². The fourth-order valence-corrected chi connectivity index (χ4v) is 1.03. The van der Waals surface area contributed by atoms with E-state index in [4.69, 9.17) is 4.84 Å². The quantitative estimate of drug-likeness (QED) is 0.681. The van der Waals surface area contributed by atoms with Crippen molar-refractivity contribution in [2.75, 3.05) is 5.17 Å². The van der Waals surface area contributed by atoms with Gasteiger partial charge in [0.05, 0.1) is 11.4 Å². The third-order valence-corrected chi connectivity index (χ3v) is 1.60. The van der Waals surface area contributed by atoms with Crippen LogP contribution in [0.15, 0.2) is 42.3 Å². The highest BCUT2D eigenvalue weighted by molar-refractivity contribution is 5.43. The molecule has 0 saturated carbocycles. The summed E-state index contributed by atoms with van der Waals surface area (Å²) in [5.74, 6) is 0. The Morgan fingerprint density at radius 3 is 2.58 bits per heavy atom. The summed E-state index contributed by atoms with van der Waals surface area (Å²) < 4.78 is 0. The molecular formula is C9H10N2O. The van der Waals surface area contributed by atoms with Gasteiger partial charge in [0.15, 0.2) is 0 Å². The lowest BCUT2D eigenvalue weighted by atomic mass is 10.3. The summed E-state index contributed by atoms with van der Waals surface area (Å²) in [7, 11) is 0. The molecule has 3 nitrogen and oxygen atoms in total. The number of allylic oxidation sites excluding steroid dienone is 1. The molecule has 0 fully saturated rings. The van der Waals surface area contributed by atoms with Crippen LogP contribution < -0.4 is 10.6 Å². The van der Waals surface area contributed by atoms with Crippen molar-refractivity contribution in [3.8, 4) is 0 Å². The smallest absolute Gasteiger partial charge is 0.142 e. The van der Waals surface area contributed by atoms with Crippen LogP contribution in [0.25, 0.3) is 0 Å². The van der Waals surface area contributed by atoms with Crippen LogP contribution in [0.3, 0.4) is 0 Å². The van der Waals surface area contributed by atoms with E-state index in [2.05, 4.69) is 5.43 Å². The average molecular weight is 162 g/mol.